The van der Waals surface area contributed by atoms with E-state index in [4.69, 9.17) is 4.74 Å². The molecule has 0 amide bonds. The summed E-state index contributed by atoms with van der Waals surface area (Å²) >= 11 is 0. The number of nitrogens with zero attached hydrogens (tertiary/aromatic N) is 3. The molecule has 0 radical (unpaired) electrons. The van der Waals surface area contributed by atoms with Crippen molar-refractivity contribution in [3.63, 3.8) is 0 Å². The van der Waals surface area contributed by atoms with Crippen molar-refractivity contribution in [2.24, 2.45) is 0 Å². The zero-order chi connectivity index (χ0) is 17.7. The molecule has 0 atom stereocenters. The molecule has 0 saturated heterocycles. The largest absolute Gasteiger partial charge is 0.496 e. The molecule has 3 aromatic rings. The van der Waals surface area contributed by atoms with Gasteiger partial charge in [-0.15, -0.1) is 0 Å². The second kappa shape index (κ2) is 7.23. The van der Waals surface area contributed by atoms with Crippen molar-refractivity contribution in [3.05, 3.63) is 72.2 Å². The van der Waals surface area contributed by atoms with Gasteiger partial charge in [0.25, 0.3) is 0 Å². The van der Waals surface area contributed by atoms with Gasteiger partial charge in [-0.2, -0.15) is 0 Å². The lowest BCUT2D eigenvalue weighted by Gasteiger charge is -2.09. The Hall–Kier alpha value is -3.06. The van der Waals surface area contributed by atoms with Gasteiger partial charge in [0.15, 0.2) is 15.7 Å². The summed E-state index contributed by atoms with van der Waals surface area (Å²) in [6.45, 7) is 0. The summed E-state index contributed by atoms with van der Waals surface area (Å²) in [5.74, 6) is 0.897. The molecular formula is C18H15N3O3S. The number of methoxy groups -OCH3 is 1. The lowest BCUT2D eigenvalue weighted by Crippen LogP contribution is -1.99. The fourth-order valence-electron chi connectivity index (χ4n) is 2.20. The van der Waals surface area contributed by atoms with E-state index in [1.165, 1.54) is 25.3 Å². The molecule has 25 heavy (non-hydrogen) atoms. The molecule has 7 heteroatoms. The van der Waals surface area contributed by atoms with E-state index < -0.39 is 9.84 Å². The van der Waals surface area contributed by atoms with E-state index >= 15 is 0 Å². The topological polar surface area (TPSA) is 82.0 Å². The molecule has 0 aliphatic rings. The molecule has 0 bridgehead atoms. The molecule has 0 saturated carbocycles. The van der Waals surface area contributed by atoms with Crippen LogP contribution in [-0.2, 0) is 9.84 Å². The molecule has 6 nitrogen and oxygen atoms in total. The van der Waals surface area contributed by atoms with Crippen molar-refractivity contribution >= 4 is 15.9 Å². The van der Waals surface area contributed by atoms with Crippen molar-refractivity contribution in [3.8, 4) is 17.1 Å². The van der Waals surface area contributed by atoms with Gasteiger partial charge in [-0.05, 0) is 42.0 Å². The van der Waals surface area contributed by atoms with Crippen molar-refractivity contribution < 1.29 is 13.2 Å². The quantitative estimate of drug-likeness (QED) is 0.701. The number of benzene rings is 1. The highest BCUT2D eigenvalue weighted by atomic mass is 32.2. The van der Waals surface area contributed by atoms with Gasteiger partial charge in [0, 0.05) is 30.2 Å². The van der Waals surface area contributed by atoms with Gasteiger partial charge in [0.1, 0.15) is 5.75 Å². The maximum absolute atomic E-state index is 12.6. The summed E-state index contributed by atoms with van der Waals surface area (Å²) in [4.78, 5) is 12.4. The van der Waals surface area contributed by atoms with Gasteiger partial charge in [-0.3, -0.25) is 4.98 Å². The average Bonchev–Trinajstić information content (AvgIpc) is 2.67. The van der Waals surface area contributed by atoms with Crippen molar-refractivity contribution in [2.75, 3.05) is 7.11 Å². The van der Waals surface area contributed by atoms with Gasteiger partial charge in [0.05, 0.1) is 17.6 Å². The molecule has 0 fully saturated rings. The molecule has 2 heterocycles. The smallest absolute Gasteiger partial charge is 0.199 e. The lowest BCUT2D eigenvalue weighted by atomic mass is 10.2. The summed E-state index contributed by atoms with van der Waals surface area (Å²) in [6, 6.07) is 9.80. The highest BCUT2D eigenvalue weighted by Crippen LogP contribution is 2.30. The van der Waals surface area contributed by atoms with Crippen LogP contribution >= 0.6 is 0 Å². The maximum Gasteiger partial charge on any atom is 0.199 e. The van der Waals surface area contributed by atoms with Crippen LogP contribution in [0.25, 0.3) is 17.5 Å². The van der Waals surface area contributed by atoms with Crippen molar-refractivity contribution in [2.45, 2.75) is 4.90 Å². The Morgan fingerprint density at radius 2 is 1.84 bits per heavy atom. The maximum atomic E-state index is 12.6. The minimum absolute atomic E-state index is 0.135. The summed E-state index contributed by atoms with van der Waals surface area (Å²) in [5, 5.41) is 1.15. The molecular weight excluding hydrogens is 338 g/mol. The van der Waals surface area contributed by atoms with Crippen LogP contribution in [0.5, 0.6) is 5.75 Å². The molecule has 1 aromatic carbocycles. The average molecular weight is 353 g/mol. The summed E-state index contributed by atoms with van der Waals surface area (Å²) in [5.41, 5.74) is 1.21. The minimum Gasteiger partial charge on any atom is -0.496 e. The van der Waals surface area contributed by atoms with Crippen LogP contribution in [0, 0.1) is 0 Å². The summed E-state index contributed by atoms with van der Waals surface area (Å²) < 4.78 is 30.5. The Morgan fingerprint density at radius 3 is 2.52 bits per heavy atom. The molecule has 0 N–H and O–H groups in total. The highest BCUT2D eigenvalue weighted by molar-refractivity contribution is 7.94. The van der Waals surface area contributed by atoms with Crippen LogP contribution in [0.3, 0.4) is 0 Å². The molecule has 2 aromatic heterocycles. The normalized spacial score (nSPS) is 11.6. The molecule has 0 spiro atoms. The van der Waals surface area contributed by atoms with Gasteiger partial charge >= 0.3 is 0 Å². The Labute approximate surface area is 145 Å². The number of aromatic nitrogens is 3. The molecule has 3 rings (SSSR count). The number of pyridine rings is 1. The fourth-order valence-corrected chi connectivity index (χ4v) is 3.23. The first-order valence-corrected chi connectivity index (χ1v) is 8.93. The van der Waals surface area contributed by atoms with Gasteiger partial charge in [-0.25, -0.2) is 18.4 Å². The first kappa shape index (κ1) is 16.8. The van der Waals surface area contributed by atoms with E-state index in [9.17, 15) is 8.42 Å². The van der Waals surface area contributed by atoms with Crippen LogP contribution < -0.4 is 4.74 Å². The monoisotopic (exact) mass is 353 g/mol. The summed E-state index contributed by atoms with van der Waals surface area (Å²) in [6.07, 6.45) is 7.90. The Morgan fingerprint density at radius 1 is 1.04 bits per heavy atom. The van der Waals surface area contributed by atoms with Crippen LogP contribution in [0.4, 0.5) is 0 Å². The standard InChI is InChI=1S/C18H15N3O3S/c1-24-17-6-5-15(12-16(17)18-20-9-3-10-21-18)25(22,23)11-7-14-4-2-8-19-13-14/h2-13H,1H3/b11-7+. The van der Waals surface area contributed by atoms with Crippen molar-refractivity contribution in [1.82, 2.24) is 15.0 Å². The number of hydrogen-bond donors (Lipinski definition) is 0. The SMILES string of the molecule is COc1ccc(S(=O)(=O)/C=C/c2cccnc2)cc1-c1ncccn1. The molecule has 0 aliphatic heterocycles. The predicted molar refractivity (Wildman–Crippen MR) is 94.5 cm³/mol. The number of ether oxygens (including phenoxy) is 1. The summed E-state index contributed by atoms with van der Waals surface area (Å²) in [7, 11) is -2.12. The van der Waals surface area contributed by atoms with E-state index in [0.717, 1.165) is 5.41 Å². The van der Waals surface area contributed by atoms with Crippen LogP contribution in [-0.4, -0.2) is 30.5 Å². The van der Waals surface area contributed by atoms with E-state index in [1.807, 2.05) is 0 Å². The lowest BCUT2D eigenvalue weighted by molar-refractivity contribution is 0.416. The third-order valence-corrected chi connectivity index (χ3v) is 4.84. The second-order valence-corrected chi connectivity index (χ2v) is 6.90. The van der Waals surface area contributed by atoms with Gasteiger partial charge in [0.2, 0.25) is 0 Å². The highest BCUT2D eigenvalue weighted by Gasteiger charge is 2.16. The van der Waals surface area contributed by atoms with Crippen molar-refractivity contribution in [1.29, 1.82) is 0 Å². The zero-order valence-corrected chi connectivity index (χ0v) is 14.2. The molecule has 0 aliphatic carbocycles. The fraction of sp³-hybridized carbons (Fsp3) is 0.0556. The van der Waals surface area contributed by atoms with E-state index in [0.29, 0.717) is 22.7 Å². The van der Waals surface area contributed by atoms with E-state index in [1.54, 1.807) is 49.1 Å². The number of hydrogen-bond acceptors (Lipinski definition) is 6. The second-order valence-electron chi connectivity index (χ2n) is 5.07. The van der Waals surface area contributed by atoms with Gasteiger partial charge < -0.3 is 4.74 Å². The minimum atomic E-state index is -3.63. The number of sulfone groups is 1. The van der Waals surface area contributed by atoms with Crippen LogP contribution in [0.2, 0.25) is 0 Å². The first-order chi connectivity index (χ1) is 12.1. The third kappa shape index (κ3) is 3.89. The third-order valence-electron chi connectivity index (χ3n) is 3.43. The van der Waals surface area contributed by atoms with Gasteiger partial charge in [-0.1, -0.05) is 6.07 Å². The predicted octanol–water partition coefficient (Wildman–Crippen LogP) is 2.99. The Bertz CT molecular complexity index is 989. The molecule has 126 valence electrons. The van der Waals surface area contributed by atoms with E-state index in [2.05, 4.69) is 15.0 Å². The van der Waals surface area contributed by atoms with Crippen LogP contribution in [0.15, 0.2) is 71.5 Å². The Balaban J connectivity index is 2.01. The number of rotatable bonds is 5. The van der Waals surface area contributed by atoms with Crippen LogP contribution in [0.1, 0.15) is 5.56 Å². The zero-order valence-electron chi connectivity index (χ0n) is 13.4. The molecule has 0 unspecified atom stereocenters. The first-order valence-electron chi connectivity index (χ1n) is 7.39. The van der Waals surface area contributed by atoms with E-state index in [-0.39, 0.29) is 4.90 Å². The Kier molecular flexibility index (Phi) is 4.85.